The molecule has 0 amide bonds. The first-order valence-electron chi connectivity index (χ1n) is 8.89. The predicted molar refractivity (Wildman–Crippen MR) is 94.0 cm³/mol. The van der Waals surface area contributed by atoms with Crippen LogP contribution in [0, 0.1) is 18.6 Å². The van der Waals surface area contributed by atoms with E-state index in [9.17, 15) is 8.78 Å². The third-order valence-electron chi connectivity index (χ3n) is 5.01. The summed E-state index contributed by atoms with van der Waals surface area (Å²) >= 11 is 0. The van der Waals surface area contributed by atoms with Crippen LogP contribution >= 0.6 is 0 Å². The lowest BCUT2D eigenvalue weighted by Crippen LogP contribution is -2.47. The summed E-state index contributed by atoms with van der Waals surface area (Å²) in [5, 5.41) is 11.1. The Hall–Kier alpha value is -2.51. The van der Waals surface area contributed by atoms with Crippen LogP contribution in [0.4, 0.5) is 8.78 Å². The van der Waals surface area contributed by atoms with E-state index in [1.54, 1.807) is 7.05 Å². The summed E-state index contributed by atoms with van der Waals surface area (Å²) in [5.41, 5.74) is 0.167. The van der Waals surface area contributed by atoms with Gasteiger partial charge in [-0.05, 0) is 31.9 Å². The van der Waals surface area contributed by atoms with Crippen LogP contribution in [0.3, 0.4) is 0 Å². The molecule has 1 aliphatic heterocycles. The lowest BCUT2D eigenvalue weighted by molar-refractivity contribution is 0.392. The summed E-state index contributed by atoms with van der Waals surface area (Å²) in [6.07, 6.45) is 2.49. The Bertz CT molecular complexity index is 826. The van der Waals surface area contributed by atoms with Gasteiger partial charge in [0, 0.05) is 37.0 Å². The summed E-state index contributed by atoms with van der Waals surface area (Å²) in [5.74, 6) is 1.33. The minimum atomic E-state index is -0.483. The Kier molecular flexibility index (Phi) is 4.34. The fourth-order valence-corrected chi connectivity index (χ4v) is 3.63. The maximum Gasteiger partial charge on any atom is 0.191 e. The van der Waals surface area contributed by atoms with Gasteiger partial charge < -0.3 is 10.6 Å². The molecule has 0 radical (unpaired) electrons. The Morgan fingerprint density at radius 2 is 2.04 bits per heavy atom. The van der Waals surface area contributed by atoms with Gasteiger partial charge in [0.25, 0.3) is 0 Å². The van der Waals surface area contributed by atoms with E-state index in [4.69, 9.17) is 0 Å². The van der Waals surface area contributed by atoms with E-state index < -0.39 is 11.6 Å². The molecular weight excluding hydrogens is 338 g/mol. The molecule has 1 fully saturated rings. The van der Waals surface area contributed by atoms with E-state index >= 15 is 0 Å². The van der Waals surface area contributed by atoms with Gasteiger partial charge in [-0.1, -0.05) is 6.07 Å². The second-order valence-corrected chi connectivity index (χ2v) is 6.94. The molecule has 4 rings (SSSR count). The number of halogens is 2. The van der Waals surface area contributed by atoms with Crippen molar-refractivity contribution in [2.45, 2.75) is 50.7 Å². The molecule has 1 saturated carbocycles. The molecule has 1 aliphatic carbocycles. The van der Waals surface area contributed by atoms with Gasteiger partial charge in [0.15, 0.2) is 5.96 Å². The number of nitrogens with zero attached hydrogens (tertiary/aromatic N) is 4. The lowest BCUT2D eigenvalue weighted by atomic mass is 10.1. The number of aromatic nitrogens is 3. The van der Waals surface area contributed by atoms with Crippen LogP contribution in [0.2, 0.25) is 0 Å². The van der Waals surface area contributed by atoms with Crippen LogP contribution < -0.4 is 10.6 Å². The number of benzene rings is 1. The Morgan fingerprint density at radius 1 is 1.27 bits per heavy atom. The van der Waals surface area contributed by atoms with Gasteiger partial charge in [-0.3, -0.25) is 4.99 Å². The van der Waals surface area contributed by atoms with Gasteiger partial charge >= 0.3 is 0 Å². The molecule has 2 N–H and O–H groups in total. The number of rotatable bonds is 3. The van der Waals surface area contributed by atoms with E-state index in [1.807, 2.05) is 11.6 Å². The summed E-state index contributed by atoms with van der Waals surface area (Å²) in [7, 11) is 1.70. The quantitative estimate of drug-likeness (QED) is 0.648. The van der Waals surface area contributed by atoms with Crippen LogP contribution in [0.15, 0.2) is 23.2 Å². The highest BCUT2D eigenvalue weighted by Crippen LogP contribution is 2.43. The number of guanidine groups is 1. The van der Waals surface area contributed by atoms with Crippen LogP contribution in [-0.4, -0.2) is 39.9 Å². The van der Waals surface area contributed by atoms with Crippen molar-refractivity contribution in [2.75, 3.05) is 7.05 Å². The van der Waals surface area contributed by atoms with Gasteiger partial charge in [-0.15, -0.1) is 0 Å². The number of nitrogens with one attached hydrogen (secondary N) is 2. The molecule has 26 heavy (non-hydrogen) atoms. The first-order chi connectivity index (χ1) is 12.5. The Balaban J connectivity index is 1.37. The Labute approximate surface area is 150 Å². The van der Waals surface area contributed by atoms with Crippen molar-refractivity contribution in [1.82, 2.24) is 25.4 Å². The smallest absolute Gasteiger partial charge is 0.191 e. The van der Waals surface area contributed by atoms with Gasteiger partial charge in [0.1, 0.15) is 23.3 Å². The molecule has 6 nitrogen and oxygen atoms in total. The summed E-state index contributed by atoms with van der Waals surface area (Å²) in [4.78, 5) is 8.67. The van der Waals surface area contributed by atoms with Crippen molar-refractivity contribution in [3.8, 4) is 0 Å². The van der Waals surface area contributed by atoms with Crippen LogP contribution in [0.1, 0.15) is 36.0 Å². The SMILES string of the molecule is CN=C(NC1CCc2nc(C)nn2C1)NC1CC1c1c(F)cccc1F. The molecule has 2 aromatic rings. The molecule has 8 heteroatoms. The molecule has 2 heterocycles. The zero-order valence-corrected chi connectivity index (χ0v) is 14.8. The van der Waals surface area contributed by atoms with Gasteiger partial charge in [-0.25, -0.2) is 18.4 Å². The summed E-state index contributed by atoms with van der Waals surface area (Å²) in [6, 6.07) is 4.18. The largest absolute Gasteiger partial charge is 0.353 e. The number of aryl methyl sites for hydroxylation is 2. The van der Waals surface area contributed by atoms with E-state index in [-0.39, 0.29) is 23.6 Å². The highest BCUT2D eigenvalue weighted by molar-refractivity contribution is 5.80. The molecule has 1 aromatic heterocycles. The molecule has 3 unspecified atom stereocenters. The van der Waals surface area contributed by atoms with Crippen LogP contribution in [0.5, 0.6) is 0 Å². The minimum Gasteiger partial charge on any atom is -0.353 e. The number of hydrogen-bond donors (Lipinski definition) is 2. The van der Waals surface area contributed by atoms with E-state index in [0.29, 0.717) is 12.4 Å². The minimum absolute atomic E-state index is 0.0136. The van der Waals surface area contributed by atoms with Gasteiger partial charge in [-0.2, -0.15) is 5.10 Å². The van der Waals surface area contributed by atoms with E-state index in [2.05, 4.69) is 25.7 Å². The van der Waals surface area contributed by atoms with Gasteiger partial charge in [0.2, 0.25) is 0 Å². The first kappa shape index (κ1) is 16.9. The average molecular weight is 360 g/mol. The predicted octanol–water partition coefficient (Wildman–Crippen LogP) is 1.90. The second-order valence-electron chi connectivity index (χ2n) is 6.94. The highest BCUT2D eigenvalue weighted by atomic mass is 19.1. The number of hydrogen-bond acceptors (Lipinski definition) is 3. The fourth-order valence-electron chi connectivity index (χ4n) is 3.63. The number of aliphatic imine (C=N–C) groups is 1. The van der Waals surface area contributed by atoms with Gasteiger partial charge in [0.05, 0.1) is 6.54 Å². The van der Waals surface area contributed by atoms with Crippen LogP contribution in [0.25, 0.3) is 0 Å². The highest BCUT2D eigenvalue weighted by Gasteiger charge is 2.42. The molecular formula is C18H22F2N6. The van der Waals surface area contributed by atoms with E-state index in [0.717, 1.165) is 31.0 Å². The second kappa shape index (κ2) is 6.66. The molecule has 0 spiro atoms. The van der Waals surface area contributed by atoms with Crippen molar-refractivity contribution in [3.63, 3.8) is 0 Å². The standard InChI is InChI=1S/C18H22F2N6/c1-10-22-16-7-6-11(9-26(16)25-10)23-18(21-2)24-15-8-12(15)17-13(19)4-3-5-14(17)20/h3-5,11-12,15H,6-9H2,1-2H3,(H2,21,23,24). The molecule has 0 bridgehead atoms. The Morgan fingerprint density at radius 3 is 2.77 bits per heavy atom. The zero-order valence-electron chi connectivity index (χ0n) is 14.8. The molecule has 0 saturated heterocycles. The maximum absolute atomic E-state index is 13.9. The van der Waals surface area contributed by atoms with Crippen LogP contribution in [-0.2, 0) is 13.0 Å². The fraction of sp³-hybridized carbons (Fsp3) is 0.500. The molecule has 1 aromatic carbocycles. The number of fused-ring (bicyclic) bond motifs is 1. The molecule has 3 atom stereocenters. The van der Waals surface area contributed by atoms with Crippen molar-refractivity contribution < 1.29 is 8.78 Å². The average Bonchev–Trinajstić information content (AvgIpc) is 3.24. The third-order valence-corrected chi connectivity index (χ3v) is 5.01. The maximum atomic E-state index is 13.9. The summed E-state index contributed by atoms with van der Waals surface area (Å²) < 4.78 is 29.8. The monoisotopic (exact) mass is 360 g/mol. The van der Waals surface area contributed by atoms with Crippen molar-refractivity contribution >= 4 is 5.96 Å². The molecule has 138 valence electrons. The summed E-state index contributed by atoms with van der Waals surface area (Å²) in [6.45, 7) is 2.62. The third kappa shape index (κ3) is 3.27. The zero-order chi connectivity index (χ0) is 18.3. The van der Waals surface area contributed by atoms with Crippen molar-refractivity contribution in [2.24, 2.45) is 4.99 Å². The molecule has 2 aliphatic rings. The normalized spacial score (nSPS) is 24.9. The van der Waals surface area contributed by atoms with E-state index in [1.165, 1.54) is 18.2 Å². The van der Waals surface area contributed by atoms with Crippen molar-refractivity contribution in [3.05, 3.63) is 47.0 Å². The first-order valence-corrected chi connectivity index (χ1v) is 8.89. The van der Waals surface area contributed by atoms with Crippen molar-refractivity contribution in [1.29, 1.82) is 0 Å². The topological polar surface area (TPSA) is 67.1 Å². The lowest BCUT2D eigenvalue weighted by Gasteiger charge is -2.25.